The number of carbonyl (C=O) groups excluding carboxylic acids is 1. The van der Waals surface area contributed by atoms with Crippen LogP contribution in [0, 0.1) is 0 Å². The van der Waals surface area contributed by atoms with E-state index in [1.54, 1.807) is 7.05 Å². The normalized spacial score (nSPS) is 11.9. The van der Waals surface area contributed by atoms with E-state index in [4.69, 9.17) is 10.5 Å². The van der Waals surface area contributed by atoms with Gasteiger partial charge in [0, 0.05) is 13.1 Å². The first-order valence-corrected chi connectivity index (χ1v) is 5.79. The summed E-state index contributed by atoms with van der Waals surface area (Å²) in [4.78, 5) is 11.0. The fourth-order valence-corrected chi connectivity index (χ4v) is 1.48. The van der Waals surface area contributed by atoms with Gasteiger partial charge >= 0.3 is 0 Å². The Morgan fingerprint density at radius 2 is 2.06 bits per heavy atom. The Balaban J connectivity index is 2.37. The van der Waals surface area contributed by atoms with Crippen LogP contribution in [0.5, 0.6) is 5.75 Å². The summed E-state index contributed by atoms with van der Waals surface area (Å²) in [5.41, 5.74) is 6.91. The molecule has 4 nitrogen and oxygen atoms in total. The molecule has 0 spiro atoms. The molecule has 1 atom stereocenters. The van der Waals surface area contributed by atoms with Crippen LogP contribution >= 0.6 is 0 Å². The van der Waals surface area contributed by atoms with Crippen molar-refractivity contribution in [2.75, 3.05) is 13.7 Å². The van der Waals surface area contributed by atoms with E-state index in [0.717, 1.165) is 12.2 Å². The second kappa shape index (κ2) is 6.91. The first-order valence-electron chi connectivity index (χ1n) is 5.79. The molecule has 0 bridgehead atoms. The molecule has 0 saturated heterocycles. The molecule has 94 valence electrons. The molecule has 17 heavy (non-hydrogen) atoms. The molecule has 0 heterocycles. The minimum Gasteiger partial charge on any atom is -0.493 e. The van der Waals surface area contributed by atoms with Gasteiger partial charge in [-0.05, 0) is 31.0 Å². The molecular formula is C13H20N2O2. The topological polar surface area (TPSA) is 64.3 Å². The van der Waals surface area contributed by atoms with Crippen molar-refractivity contribution in [3.8, 4) is 5.75 Å². The summed E-state index contributed by atoms with van der Waals surface area (Å²) in [7, 11) is 1.62. The molecule has 4 heteroatoms. The molecule has 0 fully saturated rings. The molecule has 1 unspecified atom stereocenters. The molecule has 0 aliphatic heterocycles. The molecular weight excluding hydrogens is 216 g/mol. The highest BCUT2D eigenvalue weighted by atomic mass is 16.5. The smallest absolute Gasteiger partial charge is 0.223 e. The zero-order chi connectivity index (χ0) is 12.7. The Morgan fingerprint density at radius 3 is 2.59 bits per heavy atom. The molecule has 0 aromatic heterocycles. The van der Waals surface area contributed by atoms with Crippen molar-refractivity contribution < 1.29 is 9.53 Å². The highest BCUT2D eigenvalue weighted by molar-refractivity contribution is 5.75. The van der Waals surface area contributed by atoms with Gasteiger partial charge in [-0.2, -0.15) is 0 Å². The van der Waals surface area contributed by atoms with Crippen LogP contribution in [-0.4, -0.2) is 25.6 Å². The number of hydrogen-bond donors (Lipinski definition) is 2. The number of nitrogens with one attached hydrogen (secondary N) is 1. The van der Waals surface area contributed by atoms with Gasteiger partial charge in [-0.3, -0.25) is 4.79 Å². The molecule has 1 amide bonds. The maximum Gasteiger partial charge on any atom is 0.223 e. The van der Waals surface area contributed by atoms with E-state index < -0.39 is 0 Å². The van der Waals surface area contributed by atoms with Crippen LogP contribution in [0.2, 0.25) is 0 Å². The summed E-state index contributed by atoms with van der Waals surface area (Å²) >= 11 is 0. The first-order chi connectivity index (χ1) is 8.11. The average molecular weight is 236 g/mol. The predicted octanol–water partition coefficient (Wildman–Crippen LogP) is 1.09. The lowest BCUT2D eigenvalue weighted by Crippen LogP contribution is -2.20. The quantitative estimate of drug-likeness (QED) is 0.777. The minimum atomic E-state index is -0.0152. The van der Waals surface area contributed by atoms with Crippen LogP contribution in [0.15, 0.2) is 24.3 Å². The summed E-state index contributed by atoms with van der Waals surface area (Å²) in [6.07, 6.45) is 1.23. The fraction of sp³-hybridized carbons (Fsp3) is 0.462. The summed E-state index contributed by atoms with van der Waals surface area (Å²) in [5, 5.41) is 2.55. The van der Waals surface area contributed by atoms with Crippen molar-refractivity contribution in [1.29, 1.82) is 0 Å². The van der Waals surface area contributed by atoms with E-state index in [2.05, 4.69) is 5.32 Å². The third-order valence-corrected chi connectivity index (χ3v) is 2.36. The van der Waals surface area contributed by atoms with Gasteiger partial charge in [-0.25, -0.2) is 0 Å². The maximum atomic E-state index is 11.0. The molecule has 1 rings (SSSR count). The van der Waals surface area contributed by atoms with E-state index in [1.165, 1.54) is 5.56 Å². The van der Waals surface area contributed by atoms with Gasteiger partial charge in [-0.15, -0.1) is 0 Å². The Kier molecular flexibility index (Phi) is 5.49. The molecule has 1 aromatic carbocycles. The molecule has 3 N–H and O–H groups in total. The molecule has 1 aromatic rings. The first kappa shape index (κ1) is 13.5. The number of carbonyl (C=O) groups is 1. The lowest BCUT2D eigenvalue weighted by atomic mass is 10.1. The van der Waals surface area contributed by atoms with E-state index in [-0.39, 0.29) is 11.9 Å². The van der Waals surface area contributed by atoms with Gasteiger partial charge in [0.05, 0.1) is 13.0 Å². The molecule has 0 radical (unpaired) electrons. The summed E-state index contributed by atoms with van der Waals surface area (Å²) in [5.74, 6) is 0.765. The van der Waals surface area contributed by atoms with E-state index in [1.807, 2.05) is 31.2 Å². The zero-order valence-electron chi connectivity index (χ0n) is 10.4. The van der Waals surface area contributed by atoms with Crippen molar-refractivity contribution in [1.82, 2.24) is 5.32 Å². The van der Waals surface area contributed by atoms with Crippen molar-refractivity contribution in [3.63, 3.8) is 0 Å². The average Bonchev–Trinajstić information content (AvgIpc) is 2.30. The van der Waals surface area contributed by atoms with Crippen LogP contribution in [0.3, 0.4) is 0 Å². The second-order valence-corrected chi connectivity index (χ2v) is 4.10. The van der Waals surface area contributed by atoms with Crippen LogP contribution in [-0.2, 0) is 11.2 Å². The van der Waals surface area contributed by atoms with Gasteiger partial charge in [0.1, 0.15) is 5.75 Å². The van der Waals surface area contributed by atoms with Crippen LogP contribution in [0.1, 0.15) is 18.9 Å². The van der Waals surface area contributed by atoms with Gasteiger partial charge in [-0.1, -0.05) is 12.1 Å². The summed E-state index contributed by atoms with van der Waals surface area (Å²) < 4.78 is 5.45. The van der Waals surface area contributed by atoms with Crippen molar-refractivity contribution in [2.45, 2.75) is 25.8 Å². The van der Waals surface area contributed by atoms with Gasteiger partial charge in [0.25, 0.3) is 0 Å². The van der Waals surface area contributed by atoms with Crippen LogP contribution in [0.4, 0.5) is 0 Å². The largest absolute Gasteiger partial charge is 0.493 e. The zero-order valence-corrected chi connectivity index (χ0v) is 10.4. The molecule has 0 aliphatic carbocycles. The predicted molar refractivity (Wildman–Crippen MR) is 68.0 cm³/mol. The van der Waals surface area contributed by atoms with Gasteiger partial charge < -0.3 is 15.8 Å². The number of nitrogens with two attached hydrogens (primary N) is 1. The Labute approximate surface area is 102 Å². The van der Waals surface area contributed by atoms with Gasteiger partial charge in [0.2, 0.25) is 5.91 Å². The summed E-state index contributed by atoms with van der Waals surface area (Å²) in [6.45, 7) is 2.38. The lowest BCUT2D eigenvalue weighted by molar-refractivity contribution is -0.121. The van der Waals surface area contributed by atoms with Gasteiger partial charge in [0.15, 0.2) is 0 Å². The number of rotatable bonds is 6. The SMILES string of the molecule is CNC(=O)CCOc1ccc(CC(C)N)cc1. The number of ether oxygens (including phenoxy) is 1. The highest BCUT2D eigenvalue weighted by Gasteiger charge is 2.00. The maximum absolute atomic E-state index is 11.0. The highest BCUT2D eigenvalue weighted by Crippen LogP contribution is 2.13. The minimum absolute atomic E-state index is 0.0152. The van der Waals surface area contributed by atoms with Crippen molar-refractivity contribution in [3.05, 3.63) is 29.8 Å². The second-order valence-electron chi connectivity index (χ2n) is 4.10. The van der Waals surface area contributed by atoms with E-state index in [0.29, 0.717) is 13.0 Å². The number of amides is 1. The summed E-state index contributed by atoms with van der Waals surface area (Å²) in [6, 6.07) is 7.97. The lowest BCUT2D eigenvalue weighted by Gasteiger charge is -2.08. The number of hydrogen-bond acceptors (Lipinski definition) is 3. The Hall–Kier alpha value is -1.55. The number of benzene rings is 1. The monoisotopic (exact) mass is 236 g/mol. The standard InChI is InChI=1S/C13H20N2O2/c1-10(14)9-11-3-5-12(6-4-11)17-8-7-13(16)15-2/h3-6,10H,7-9,14H2,1-2H3,(H,15,16). The van der Waals surface area contributed by atoms with E-state index >= 15 is 0 Å². The molecule has 0 saturated carbocycles. The molecule has 0 aliphatic rings. The van der Waals surface area contributed by atoms with Crippen LogP contribution < -0.4 is 15.8 Å². The van der Waals surface area contributed by atoms with Crippen molar-refractivity contribution >= 4 is 5.91 Å². The third-order valence-electron chi connectivity index (χ3n) is 2.36. The Bertz CT molecular complexity index is 347. The van der Waals surface area contributed by atoms with Crippen molar-refractivity contribution in [2.24, 2.45) is 5.73 Å². The third kappa shape index (κ3) is 5.36. The fourth-order valence-electron chi connectivity index (χ4n) is 1.48. The van der Waals surface area contributed by atoms with Crippen LogP contribution in [0.25, 0.3) is 0 Å². The van der Waals surface area contributed by atoms with E-state index in [9.17, 15) is 4.79 Å². The Morgan fingerprint density at radius 1 is 1.41 bits per heavy atom.